The summed E-state index contributed by atoms with van der Waals surface area (Å²) in [5.41, 5.74) is 1.17. The maximum Gasteiger partial charge on any atom is 0.0543 e. The molecule has 1 N–H and O–H groups in total. The van der Waals surface area contributed by atoms with Crippen LogP contribution in [0.4, 0.5) is 0 Å². The SMILES string of the molecule is CNCC1CN(Cc2ccccn2)CCCN1C. The minimum Gasteiger partial charge on any atom is -0.318 e. The fraction of sp³-hybridized carbons (Fsp3) is 0.643. The van der Waals surface area contributed by atoms with Gasteiger partial charge >= 0.3 is 0 Å². The summed E-state index contributed by atoms with van der Waals surface area (Å²) in [7, 11) is 4.26. The number of nitrogens with one attached hydrogen (secondary N) is 1. The number of rotatable bonds is 4. The molecule has 1 aromatic rings. The van der Waals surface area contributed by atoms with Crippen molar-refractivity contribution in [2.45, 2.75) is 19.0 Å². The third-order valence-electron chi connectivity index (χ3n) is 3.63. The van der Waals surface area contributed by atoms with Crippen LogP contribution in [0.15, 0.2) is 24.4 Å². The fourth-order valence-corrected chi connectivity index (χ4v) is 2.58. The summed E-state index contributed by atoms with van der Waals surface area (Å²) in [6.07, 6.45) is 3.12. The van der Waals surface area contributed by atoms with Crippen LogP contribution in [0.25, 0.3) is 0 Å². The van der Waals surface area contributed by atoms with Gasteiger partial charge in [0.25, 0.3) is 0 Å². The van der Waals surface area contributed by atoms with E-state index in [1.807, 2.05) is 19.3 Å². The topological polar surface area (TPSA) is 31.4 Å². The highest BCUT2D eigenvalue weighted by Crippen LogP contribution is 2.10. The first kappa shape index (κ1) is 13.5. The van der Waals surface area contributed by atoms with Crippen LogP contribution in [0.5, 0.6) is 0 Å². The van der Waals surface area contributed by atoms with E-state index in [1.165, 1.54) is 25.2 Å². The molecule has 1 fully saturated rings. The van der Waals surface area contributed by atoms with Gasteiger partial charge in [-0.25, -0.2) is 0 Å². The van der Waals surface area contributed by atoms with Gasteiger partial charge in [0, 0.05) is 31.9 Å². The largest absolute Gasteiger partial charge is 0.318 e. The summed E-state index contributed by atoms with van der Waals surface area (Å²) in [5.74, 6) is 0. The highest BCUT2D eigenvalue weighted by Gasteiger charge is 2.21. The van der Waals surface area contributed by atoms with Gasteiger partial charge in [-0.3, -0.25) is 9.88 Å². The van der Waals surface area contributed by atoms with Crippen molar-refractivity contribution in [3.05, 3.63) is 30.1 Å². The Morgan fingerprint density at radius 3 is 3.00 bits per heavy atom. The predicted octanol–water partition coefficient (Wildman–Crippen LogP) is 0.807. The molecule has 2 rings (SSSR count). The molecule has 0 aliphatic carbocycles. The lowest BCUT2D eigenvalue weighted by atomic mass is 10.2. The third kappa shape index (κ3) is 3.77. The molecule has 2 heterocycles. The Labute approximate surface area is 110 Å². The van der Waals surface area contributed by atoms with Crippen LogP contribution in [0.1, 0.15) is 12.1 Å². The average molecular weight is 248 g/mol. The first-order valence-electron chi connectivity index (χ1n) is 6.76. The summed E-state index contributed by atoms with van der Waals surface area (Å²) in [6.45, 7) is 5.49. The lowest BCUT2D eigenvalue weighted by Gasteiger charge is -2.28. The minimum absolute atomic E-state index is 0.598. The van der Waals surface area contributed by atoms with Crippen molar-refractivity contribution in [2.75, 3.05) is 40.3 Å². The van der Waals surface area contributed by atoms with E-state index in [4.69, 9.17) is 0 Å². The second kappa shape index (κ2) is 6.83. The number of pyridine rings is 1. The van der Waals surface area contributed by atoms with Crippen LogP contribution in [0.2, 0.25) is 0 Å². The molecule has 1 aromatic heterocycles. The van der Waals surface area contributed by atoms with Crippen LogP contribution in [0, 0.1) is 0 Å². The zero-order chi connectivity index (χ0) is 12.8. The number of aromatic nitrogens is 1. The molecule has 1 aliphatic heterocycles. The van der Waals surface area contributed by atoms with E-state index < -0.39 is 0 Å². The smallest absolute Gasteiger partial charge is 0.0543 e. The maximum atomic E-state index is 4.42. The Balaban J connectivity index is 1.95. The van der Waals surface area contributed by atoms with E-state index in [1.54, 1.807) is 0 Å². The lowest BCUT2D eigenvalue weighted by Crippen LogP contribution is -2.44. The van der Waals surface area contributed by atoms with Crippen LogP contribution >= 0.6 is 0 Å². The van der Waals surface area contributed by atoms with Crippen LogP contribution in [-0.4, -0.2) is 61.1 Å². The molecule has 0 spiro atoms. The summed E-state index contributed by atoms with van der Waals surface area (Å²) in [5, 5.41) is 3.30. The molecule has 18 heavy (non-hydrogen) atoms. The molecule has 1 aliphatic rings. The Morgan fingerprint density at radius 2 is 2.28 bits per heavy atom. The van der Waals surface area contributed by atoms with Gasteiger partial charge in [-0.15, -0.1) is 0 Å². The molecule has 100 valence electrons. The first-order valence-corrected chi connectivity index (χ1v) is 6.76. The zero-order valence-corrected chi connectivity index (χ0v) is 11.5. The summed E-state index contributed by atoms with van der Waals surface area (Å²) in [4.78, 5) is 9.41. The second-order valence-corrected chi connectivity index (χ2v) is 5.10. The van der Waals surface area contributed by atoms with E-state index in [0.717, 1.165) is 19.6 Å². The number of hydrogen-bond acceptors (Lipinski definition) is 4. The second-order valence-electron chi connectivity index (χ2n) is 5.10. The van der Waals surface area contributed by atoms with Gasteiger partial charge in [-0.05, 0) is 45.7 Å². The van der Waals surface area contributed by atoms with Gasteiger partial charge in [0.1, 0.15) is 0 Å². The van der Waals surface area contributed by atoms with Gasteiger partial charge in [0.15, 0.2) is 0 Å². The molecular weight excluding hydrogens is 224 g/mol. The number of hydrogen-bond donors (Lipinski definition) is 1. The fourth-order valence-electron chi connectivity index (χ4n) is 2.58. The molecule has 1 atom stereocenters. The Hall–Kier alpha value is -0.970. The van der Waals surface area contributed by atoms with Gasteiger partial charge < -0.3 is 10.2 Å². The molecule has 1 unspecified atom stereocenters. The van der Waals surface area contributed by atoms with Crippen molar-refractivity contribution in [3.8, 4) is 0 Å². The first-order chi connectivity index (χ1) is 8.79. The Morgan fingerprint density at radius 1 is 1.39 bits per heavy atom. The van der Waals surface area contributed by atoms with Gasteiger partial charge in [-0.1, -0.05) is 6.07 Å². The lowest BCUT2D eigenvalue weighted by molar-refractivity contribution is 0.200. The minimum atomic E-state index is 0.598. The van der Waals surface area contributed by atoms with Crippen LogP contribution in [-0.2, 0) is 6.54 Å². The van der Waals surface area contributed by atoms with Crippen LogP contribution in [0.3, 0.4) is 0 Å². The molecule has 4 nitrogen and oxygen atoms in total. The van der Waals surface area contributed by atoms with Crippen molar-refractivity contribution in [1.82, 2.24) is 20.1 Å². The highest BCUT2D eigenvalue weighted by molar-refractivity contribution is 5.03. The quantitative estimate of drug-likeness (QED) is 0.854. The molecule has 4 heteroatoms. The van der Waals surface area contributed by atoms with E-state index in [0.29, 0.717) is 6.04 Å². The maximum absolute atomic E-state index is 4.42. The highest BCUT2D eigenvalue weighted by atomic mass is 15.2. The van der Waals surface area contributed by atoms with E-state index >= 15 is 0 Å². The standard InChI is InChI=1S/C14H24N4/c1-15-10-14-12-18(9-5-8-17(14)2)11-13-6-3-4-7-16-13/h3-4,6-7,14-15H,5,8-12H2,1-2H3. The van der Waals surface area contributed by atoms with Crippen molar-refractivity contribution >= 4 is 0 Å². The van der Waals surface area contributed by atoms with Gasteiger partial charge in [-0.2, -0.15) is 0 Å². The third-order valence-corrected chi connectivity index (χ3v) is 3.63. The normalized spacial score (nSPS) is 22.9. The van der Waals surface area contributed by atoms with Crippen molar-refractivity contribution < 1.29 is 0 Å². The van der Waals surface area contributed by atoms with E-state index in [9.17, 15) is 0 Å². The van der Waals surface area contributed by atoms with Crippen molar-refractivity contribution in [3.63, 3.8) is 0 Å². The molecule has 0 bridgehead atoms. The summed E-state index contributed by atoms with van der Waals surface area (Å²) < 4.78 is 0. The molecule has 1 saturated heterocycles. The van der Waals surface area contributed by atoms with Gasteiger partial charge in [0.05, 0.1) is 5.69 Å². The zero-order valence-electron chi connectivity index (χ0n) is 11.5. The predicted molar refractivity (Wildman–Crippen MR) is 74.5 cm³/mol. The Bertz CT molecular complexity index is 341. The number of nitrogens with zero attached hydrogens (tertiary/aromatic N) is 3. The number of likely N-dealkylation sites (N-methyl/N-ethyl adjacent to an activating group) is 2. The molecule has 0 amide bonds. The van der Waals surface area contributed by atoms with Crippen molar-refractivity contribution in [1.29, 1.82) is 0 Å². The average Bonchev–Trinajstić information content (AvgIpc) is 2.54. The molecule has 0 aromatic carbocycles. The molecule has 0 saturated carbocycles. The summed E-state index contributed by atoms with van der Waals surface area (Å²) >= 11 is 0. The molecular formula is C14H24N4. The van der Waals surface area contributed by atoms with E-state index in [2.05, 4.69) is 39.3 Å². The monoisotopic (exact) mass is 248 g/mol. The summed E-state index contributed by atoms with van der Waals surface area (Å²) in [6, 6.07) is 6.75. The Kier molecular flexibility index (Phi) is 5.11. The van der Waals surface area contributed by atoms with Crippen LogP contribution < -0.4 is 5.32 Å². The van der Waals surface area contributed by atoms with E-state index in [-0.39, 0.29) is 0 Å². The molecule has 0 radical (unpaired) electrons. The van der Waals surface area contributed by atoms with Gasteiger partial charge in [0.2, 0.25) is 0 Å². The van der Waals surface area contributed by atoms with Crippen molar-refractivity contribution in [2.24, 2.45) is 0 Å².